The molecule has 2 fully saturated rings. The first kappa shape index (κ1) is 11.9. The van der Waals surface area contributed by atoms with Gasteiger partial charge in [-0.25, -0.2) is 0 Å². The SMILES string of the molecule is Cc1ccc(C)c(CN2C3CCC2CC(=O)C3)c1. The van der Waals surface area contributed by atoms with E-state index in [4.69, 9.17) is 0 Å². The lowest BCUT2D eigenvalue weighted by Gasteiger charge is -2.34. The number of rotatable bonds is 2. The van der Waals surface area contributed by atoms with E-state index in [9.17, 15) is 4.79 Å². The Labute approximate surface area is 109 Å². The Bertz CT molecular complexity index is 464. The summed E-state index contributed by atoms with van der Waals surface area (Å²) in [5, 5.41) is 0. The van der Waals surface area contributed by atoms with Crippen molar-refractivity contribution in [3.8, 4) is 0 Å². The van der Waals surface area contributed by atoms with E-state index in [1.165, 1.54) is 29.5 Å². The van der Waals surface area contributed by atoms with Crippen LogP contribution in [0.5, 0.6) is 0 Å². The summed E-state index contributed by atoms with van der Waals surface area (Å²) in [5.41, 5.74) is 4.13. The van der Waals surface area contributed by atoms with Crippen molar-refractivity contribution in [1.29, 1.82) is 0 Å². The van der Waals surface area contributed by atoms with Crippen molar-refractivity contribution >= 4 is 5.78 Å². The van der Waals surface area contributed by atoms with E-state index >= 15 is 0 Å². The van der Waals surface area contributed by atoms with Crippen molar-refractivity contribution in [2.24, 2.45) is 0 Å². The summed E-state index contributed by atoms with van der Waals surface area (Å²) in [4.78, 5) is 14.2. The molecule has 0 amide bonds. The smallest absolute Gasteiger partial charge is 0.136 e. The lowest BCUT2D eigenvalue weighted by atomic mass is 9.99. The molecule has 0 aliphatic carbocycles. The van der Waals surface area contributed by atoms with Gasteiger partial charge in [0.1, 0.15) is 5.78 Å². The van der Waals surface area contributed by atoms with E-state index in [-0.39, 0.29) is 0 Å². The highest BCUT2D eigenvalue weighted by molar-refractivity contribution is 5.80. The third kappa shape index (κ3) is 2.10. The van der Waals surface area contributed by atoms with Gasteiger partial charge < -0.3 is 0 Å². The van der Waals surface area contributed by atoms with Crippen LogP contribution in [-0.2, 0) is 11.3 Å². The first-order chi connectivity index (χ1) is 8.63. The Morgan fingerprint density at radius 3 is 2.50 bits per heavy atom. The summed E-state index contributed by atoms with van der Waals surface area (Å²) < 4.78 is 0. The van der Waals surface area contributed by atoms with E-state index in [2.05, 4.69) is 36.9 Å². The van der Waals surface area contributed by atoms with Gasteiger partial charge in [0, 0.05) is 31.5 Å². The highest BCUT2D eigenvalue weighted by atomic mass is 16.1. The number of nitrogens with zero attached hydrogens (tertiary/aromatic N) is 1. The van der Waals surface area contributed by atoms with Crippen LogP contribution < -0.4 is 0 Å². The van der Waals surface area contributed by atoms with Gasteiger partial charge in [0.05, 0.1) is 0 Å². The number of fused-ring (bicyclic) bond motifs is 2. The minimum atomic E-state index is 0.472. The molecule has 2 aliphatic heterocycles. The van der Waals surface area contributed by atoms with Crippen molar-refractivity contribution in [3.63, 3.8) is 0 Å². The summed E-state index contributed by atoms with van der Waals surface area (Å²) >= 11 is 0. The number of ketones is 1. The number of carbonyl (C=O) groups is 1. The molecule has 0 N–H and O–H groups in total. The van der Waals surface area contributed by atoms with Crippen molar-refractivity contribution < 1.29 is 4.79 Å². The molecule has 0 saturated carbocycles. The molecular weight excluding hydrogens is 222 g/mol. The first-order valence-electron chi connectivity index (χ1n) is 6.97. The molecule has 0 radical (unpaired) electrons. The predicted molar refractivity (Wildman–Crippen MR) is 72.5 cm³/mol. The first-order valence-corrected chi connectivity index (χ1v) is 6.97. The molecule has 18 heavy (non-hydrogen) atoms. The summed E-state index contributed by atoms with van der Waals surface area (Å²) in [6.07, 6.45) is 3.98. The minimum Gasteiger partial charge on any atom is -0.300 e. The molecule has 2 nitrogen and oxygen atoms in total. The third-order valence-corrected chi connectivity index (χ3v) is 4.56. The van der Waals surface area contributed by atoms with Gasteiger partial charge in [-0.15, -0.1) is 0 Å². The fourth-order valence-electron chi connectivity index (χ4n) is 3.49. The minimum absolute atomic E-state index is 0.472. The van der Waals surface area contributed by atoms with Crippen LogP contribution in [-0.4, -0.2) is 22.8 Å². The van der Waals surface area contributed by atoms with Crippen LogP contribution in [0.15, 0.2) is 18.2 Å². The molecule has 2 heterocycles. The van der Waals surface area contributed by atoms with Crippen molar-refractivity contribution in [1.82, 2.24) is 4.90 Å². The fraction of sp³-hybridized carbons (Fsp3) is 0.562. The van der Waals surface area contributed by atoms with Gasteiger partial charge in [-0.05, 0) is 37.8 Å². The second-order valence-corrected chi connectivity index (χ2v) is 5.93. The highest BCUT2D eigenvalue weighted by Gasteiger charge is 2.39. The van der Waals surface area contributed by atoms with E-state index < -0.39 is 0 Å². The van der Waals surface area contributed by atoms with Gasteiger partial charge in [-0.3, -0.25) is 9.69 Å². The Kier molecular flexibility index (Phi) is 2.98. The Hall–Kier alpha value is -1.15. The molecule has 0 aromatic heterocycles. The molecule has 3 rings (SSSR count). The molecule has 2 aliphatic rings. The predicted octanol–water partition coefficient (Wildman–Crippen LogP) is 3.00. The number of hydrogen-bond acceptors (Lipinski definition) is 2. The lowest BCUT2D eigenvalue weighted by Crippen LogP contribution is -2.42. The summed E-state index contributed by atoms with van der Waals surface area (Å²) in [5.74, 6) is 0.472. The average molecular weight is 243 g/mol. The van der Waals surface area contributed by atoms with Crippen LogP contribution in [0.1, 0.15) is 42.4 Å². The maximum Gasteiger partial charge on any atom is 0.136 e. The van der Waals surface area contributed by atoms with Gasteiger partial charge >= 0.3 is 0 Å². The van der Waals surface area contributed by atoms with Crippen LogP contribution in [0.4, 0.5) is 0 Å². The molecule has 1 aromatic carbocycles. The maximum atomic E-state index is 11.6. The maximum absolute atomic E-state index is 11.6. The number of carbonyl (C=O) groups excluding carboxylic acids is 1. The van der Waals surface area contributed by atoms with Crippen LogP contribution in [0.2, 0.25) is 0 Å². The second kappa shape index (κ2) is 4.51. The molecule has 2 heteroatoms. The number of Topliss-reactive ketones (excluding diaryl/α,β-unsaturated/α-hetero) is 1. The monoisotopic (exact) mass is 243 g/mol. The topological polar surface area (TPSA) is 20.3 Å². The zero-order valence-electron chi connectivity index (χ0n) is 11.3. The Morgan fingerprint density at radius 1 is 1.17 bits per heavy atom. The summed E-state index contributed by atoms with van der Waals surface area (Å²) in [7, 11) is 0. The summed E-state index contributed by atoms with van der Waals surface area (Å²) in [6.45, 7) is 5.36. The molecule has 2 saturated heterocycles. The van der Waals surface area contributed by atoms with E-state index in [0.717, 1.165) is 19.4 Å². The van der Waals surface area contributed by atoms with Gasteiger partial charge in [0.25, 0.3) is 0 Å². The van der Waals surface area contributed by atoms with Gasteiger partial charge in [0.2, 0.25) is 0 Å². The molecular formula is C16H21NO. The van der Waals surface area contributed by atoms with Crippen LogP contribution in [0.25, 0.3) is 0 Å². The van der Waals surface area contributed by atoms with E-state index in [0.29, 0.717) is 17.9 Å². The molecule has 0 spiro atoms. The fourth-order valence-corrected chi connectivity index (χ4v) is 3.49. The van der Waals surface area contributed by atoms with Crippen molar-refractivity contribution in [3.05, 3.63) is 34.9 Å². The zero-order valence-corrected chi connectivity index (χ0v) is 11.3. The van der Waals surface area contributed by atoms with E-state index in [1.54, 1.807) is 0 Å². The number of aryl methyl sites for hydroxylation is 2. The quantitative estimate of drug-likeness (QED) is 0.796. The number of benzene rings is 1. The highest BCUT2D eigenvalue weighted by Crippen LogP contribution is 2.35. The van der Waals surface area contributed by atoms with Crippen LogP contribution in [0, 0.1) is 13.8 Å². The van der Waals surface area contributed by atoms with Crippen molar-refractivity contribution in [2.45, 2.75) is 58.2 Å². The zero-order chi connectivity index (χ0) is 12.7. The second-order valence-electron chi connectivity index (χ2n) is 5.93. The number of hydrogen-bond donors (Lipinski definition) is 0. The molecule has 1 aromatic rings. The average Bonchev–Trinajstić information content (AvgIpc) is 2.57. The van der Waals surface area contributed by atoms with Crippen molar-refractivity contribution in [2.75, 3.05) is 0 Å². The van der Waals surface area contributed by atoms with Gasteiger partial charge in [-0.1, -0.05) is 23.8 Å². The third-order valence-electron chi connectivity index (χ3n) is 4.56. The Morgan fingerprint density at radius 2 is 1.83 bits per heavy atom. The normalized spacial score (nSPS) is 27.8. The van der Waals surface area contributed by atoms with Gasteiger partial charge in [-0.2, -0.15) is 0 Å². The molecule has 96 valence electrons. The molecule has 2 unspecified atom stereocenters. The Balaban J connectivity index is 1.81. The van der Waals surface area contributed by atoms with Crippen LogP contribution >= 0.6 is 0 Å². The summed E-state index contributed by atoms with van der Waals surface area (Å²) in [6, 6.07) is 7.70. The number of piperidine rings is 1. The van der Waals surface area contributed by atoms with Crippen LogP contribution in [0.3, 0.4) is 0 Å². The van der Waals surface area contributed by atoms with Gasteiger partial charge in [0.15, 0.2) is 0 Å². The lowest BCUT2D eigenvalue weighted by molar-refractivity contribution is -0.123. The van der Waals surface area contributed by atoms with E-state index in [1.807, 2.05) is 0 Å². The standard InChI is InChI=1S/C16H21NO/c1-11-3-4-12(2)13(7-11)10-17-14-5-6-15(17)9-16(18)8-14/h3-4,7,14-15H,5-6,8-10H2,1-2H3. The molecule has 2 bridgehead atoms. The largest absolute Gasteiger partial charge is 0.300 e. The molecule has 2 atom stereocenters.